The van der Waals surface area contributed by atoms with Crippen molar-refractivity contribution in [3.63, 3.8) is 0 Å². The van der Waals surface area contributed by atoms with Crippen LogP contribution >= 0.6 is 22.6 Å². The molecule has 0 aliphatic carbocycles. The van der Waals surface area contributed by atoms with Crippen molar-refractivity contribution in [1.82, 2.24) is 10.6 Å². The molecule has 118 valence electrons. The van der Waals surface area contributed by atoms with Crippen LogP contribution in [0.1, 0.15) is 5.56 Å². The molecule has 4 amide bonds. The first kappa shape index (κ1) is 16.8. The zero-order valence-corrected chi connectivity index (χ0v) is 14.0. The number of halogens is 1. The van der Waals surface area contributed by atoms with E-state index in [9.17, 15) is 14.4 Å². The van der Waals surface area contributed by atoms with Crippen molar-refractivity contribution in [2.45, 2.75) is 0 Å². The third-order valence-corrected chi connectivity index (χ3v) is 3.59. The van der Waals surface area contributed by atoms with Gasteiger partial charge in [-0.15, -0.1) is 0 Å². The van der Waals surface area contributed by atoms with Crippen molar-refractivity contribution < 1.29 is 23.9 Å². The fourth-order valence-electron chi connectivity index (χ4n) is 1.84. The van der Waals surface area contributed by atoms with Gasteiger partial charge in [-0.2, -0.15) is 5.26 Å². The lowest BCUT2D eigenvalue weighted by molar-refractivity contribution is -0.123. The quantitative estimate of drug-likeness (QED) is 0.420. The lowest BCUT2D eigenvalue weighted by atomic mass is 10.1. The minimum Gasteiger partial charge on any atom is -0.493 e. The monoisotopic (exact) mass is 427 g/mol. The van der Waals surface area contributed by atoms with Crippen LogP contribution in [0.2, 0.25) is 0 Å². The van der Waals surface area contributed by atoms with E-state index in [-0.39, 0.29) is 12.2 Å². The molecule has 1 aliphatic heterocycles. The lowest BCUT2D eigenvalue weighted by Crippen LogP contribution is -2.51. The number of amides is 4. The summed E-state index contributed by atoms with van der Waals surface area (Å²) < 4.78 is 11.1. The molecule has 0 saturated carbocycles. The van der Waals surface area contributed by atoms with Gasteiger partial charge in [0.1, 0.15) is 11.6 Å². The van der Waals surface area contributed by atoms with Gasteiger partial charge in [-0.25, -0.2) is 4.79 Å². The van der Waals surface area contributed by atoms with Crippen LogP contribution in [0.25, 0.3) is 6.08 Å². The van der Waals surface area contributed by atoms with E-state index in [1.54, 1.807) is 12.1 Å². The maximum Gasteiger partial charge on any atom is 0.328 e. The van der Waals surface area contributed by atoms with Crippen LogP contribution in [-0.4, -0.2) is 31.6 Å². The molecule has 8 nitrogen and oxygen atoms in total. The van der Waals surface area contributed by atoms with E-state index >= 15 is 0 Å². The number of urea groups is 1. The molecule has 1 aromatic rings. The van der Waals surface area contributed by atoms with Crippen molar-refractivity contribution in [2.24, 2.45) is 0 Å². The van der Waals surface area contributed by atoms with Crippen LogP contribution in [0.5, 0.6) is 11.5 Å². The summed E-state index contributed by atoms with van der Waals surface area (Å²) in [6.07, 6.45) is 1.33. The highest BCUT2D eigenvalue weighted by Gasteiger charge is 2.27. The Morgan fingerprint density at radius 3 is 2.48 bits per heavy atom. The van der Waals surface area contributed by atoms with Gasteiger partial charge in [-0.3, -0.25) is 20.2 Å². The van der Waals surface area contributed by atoms with Crippen LogP contribution in [0.15, 0.2) is 17.7 Å². The van der Waals surface area contributed by atoms with E-state index in [1.165, 1.54) is 13.2 Å². The first-order chi connectivity index (χ1) is 11.0. The van der Waals surface area contributed by atoms with Crippen LogP contribution in [0.3, 0.4) is 0 Å². The van der Waals surface area contributed by atoms with Gasteiger partial charge in [0, 0.05) is 0 Å². The van der Waals surface area contributed by atoms with Gasteiger partial charge >= 0.3 is 6.03 Å². The lowest BCUT2D eigenvalue weighted by Gasteiger charge is -2.15. The smallest absolute Gasteiger partial charge is 0.328 e. The minimum absolute atomic E-state index is 0.139. The summed E-state index contributed by atoms with van der Waals surface area (Å²) in [5, 5.41) is 12.6. The van der Waals surface area contributed by atoms with E-state index in [1.807, 2.05) is 39.3 Å². The number of ether oxygens (including phenoxy) is 2. The van der Waals surface area contributed by atoms with Gasteiger partial charge in [-0.1, -0.05) is 0 Å². The van der Waals surface area contributed by atoms with E-state index in [4.69, 9.17) is 14.7 Å². The SMILES string of the molecule is COc1cc(C=C2C(=O)NC(=O)NC2=O)cc(I)c1OCC#N. The molecule has 2 rings (SSSR count). The highest BCUT2D eigenvalue weighted by atomic mass is 127. The summed E-state index contributed by atoms with van der Waals surface area (Å²) in [4.78, 5) is 34.5. The van der Waals surface area contributed by atoms with E-state index in [0.717, 1.165) is 0 Å². The van der Waals surface area contributed by atoms with Gasteiger partial charge in [0.2, 0.25) is 0 Å². The van der Waals surface area contributed by atoms with Gasteiger partial charge in [0.25, 0.3) is 11.8 Å². The molecule has 0 spiro atoms. The van der Waals surface area contributed by atoms with Crippen molar-refractivity contribution in [3.05, 3.63) is 26.8 Å². The molecule has 2 N–H and O–H groups in total. The van der Waals surface area contributed by atoms with Crippen LogP contribution in [0.4, 0.5) is 4.79 Å². The number of imide groups is 2. The summed E-state index contributed by atoms with van der Waals surface area (Å²) in [5.41, 5.74) is 0.304. The number of carbonyl (C=O) groups excluding carboxylic acids is 3. The molecule has 0 bridgehead atoms. The third-order valence-electron chi connectivity index (χ3n) is 2.79. The number of nitriles is 1. The molecule has 1 fully saturated rings. The number of benzene rings is 1. The molecule has 1 aromatic carbocycles. The number of carbonyl (C=O) groups is 3. The molecule has 0 atom stereocenters. The molecule has 9 heteroatoms. The van der Waals surface area contributed by atoms with Gasteiger partial charge in [0.05, 0.1) is 10.7 Å². The first-order valence-electron chi connectivity index (χ1n) is 6.22. The third kappa shape index (κ3) is 3.78. The second-order valence-corrected chi connectivity index (χ2v) is 5.44. The number of nitrogens with one attached hydrogen (secondary N) is 2. The molecule has 0 radical (unpaired) electrons. The highest BCUT2D eigenvalue weighted by Crippen LogP contribution is 2.34. The number of methoxy groups -OCH3 is 1. The zero-order valence-electron chi connectivity index (χ0n) is 11.8. The summed E-state index contributed by atoms with van der Waals surface area (Å²) in [6.45, 7) is -0.139. The van der Waals surface area contributed by atoms with E-state index in [0.29, 0.717) is 20.6 Å². The number of rotatable bonds is 4. The number of hydrogen-bond donors (Lipinski definition) is 2. The summed E-state index contributed by atoms with van der Waals surface area (Å²) >= 11 is 1.98. The minimum atomic E-state index is -0.857. The second-order valence-electron chi connectivity index (χ2n) is 4.28. The maximum atomic E-state index is 11.7. The Morgan fingerprint density at radius 2 is 1.91 bits per heavy atom. The highest BCUT2D eigenvalue weighted by molar-refractivity contribution is 14.1. The second kappa shape index (κ2) is 7.10. The number of hydrogen-bond acceptors (Lipinski definition) is 6. The summed E-state index contributed by atoms with van der Waals surface area (Å²) in [7, 11) is 1.43. The Kier molecular flexibility index (Phi) is 5.17. The van der Waals surface area contributed by atoms with Crippen LogP contribution in [-0.2, 0) is 9.59 Å². The normalized spacial score (nSPS) is 13.8. The predicted molar refractivity (Wildman–Crippen MR) is 86.5 cm³/mol. The molecule has 1 aliphatic rings. The van der Waals surface area contributed by atoms with Crippen LogP contribution < -0.4 is 20.1 Å². The summed E-state index contributed by atoms with van der Waals surface area (Å²) in [5.74, 6) is -0.814. The van der Waals surface area contributed by atoms with E-state index in [2.05, 4.69) is 0 Å². The molecule has 1 saturated heterocycles. The number of barbiturate groups is 1. The standard InChI is InChI=1S/C14H10IN3O5/c1-22-10-6-7(5-9(15)11(10)23-3-2-16)4-8-12(19)17-14(21)18-13(8)20/h4-6H,3H2,1H3,(H2,17,18,19,20,21). The number of nitrogens with zero attached hydrogens (tertiary/aromatic N) is 1. The summed E-state index contributed by atoms with van der Waals surface area (Å²) in [6, 6.07) is 4.21. The van der Waals surface area contributed by atoms with Gasteiger partial charge in [0.15, 0.2) is 18.1 Å². The molecule has 23 heavy (non-hydrogen) atoms. The van der Waals surface area contributed by atoms with Gasteiger partial charge < -0.3 is 9.47 Å². The molecular weight excluding hydrogens is 417 g/mol. The molecule has 0 unspecified atom stereocenters. The Labute approximate surface area is 144 Å². The molecular formula is C14H10IN3O5. The first-order valence-corrected chi connectivity index (χ1v) is 7.29. The van der Waals surface area contributed by atoms with Crippen molar-refractivity contribution >= 4 is 46.5 Å². The Balaban J connectivity index is 2.41. The molecule has 1 heterocycles. The Hall–Kier alpha value is -2.61. The maximum absolute atomic E-state index is 11.7. The van der Waals surface area contributed by atoms with Crippen molar-refractivity contribution in [2.75, 3.05) is 13.7 Å². The Morgan fingerprint density at radius 1 is 1.26 bits per heavy atom. The van der Waals surface area contributed by atoms with Crippen LogP contribution in [0, 0.1) is 14.9 Å². The Bertz CT molecular complexity index is 744. The largest absolute Gasteiger partial charge is 0.493 e. The molecule has 0 aromatic heterocycles. The van der Waals surface area contributed by atoms with Gasteiger partial charge in [-0.05, 0) is 46.4 Å². The van der Waals surface area contributed by atoms with Crippen molar-refractivity contribution in [3.8, 4) is 17.6 Å². The zero-order chi connectivity index (χ0) is 17.0. The van der Waals surface area contributed by atoms with Crippen molar-refractivity contribution in [1.29, 1.82) is 5.26 Å². The predicted octanol–water partition coefficient (Wildman–Crippen LogP) is 0.952. The average molecular weight is 427 g/mol. The fourth-order valence-corrected chi connectivity index (χ4v) is 2.62. The average Bonchev–Trinajstić information content (AvgIpc) is 2.49. The fraction of sp³-hybridized carbons (Fsp3) is 0.143. The topological polar surface area (TPSA) is 118 Å². The van der Waals surface area contributed by atoms with E-state index < -0.39 is 17.8 Å².